The molecule has 122 valence electrons. The van der Waals surface area contributed by atoms with E-state index in [1.165, 1.54) is 0 Å². The zero-order valence-corrected chi connectivity index (χ0v) is 14.2. The molecular formula is C18H17N3O2S. The Kier molecular flexibility index (Phi) is 4.86. The van der Waals surface area contributed by atoms with Crippen molar-refractivity contribution in [2.24, 2.45) is 0 Å². The van der Waals surface area contributed by atoms with Gasteiger partial charge in [-0.1, -0.05) is 34.8 Å². The Bertz CT molecular complexity index is 816. The van der Waals surface area contributed by atoms with E-state index >= 15 is 0 Å². The molecule has 0 aliphatic carbocycles. The lowest BCUT2D eigenvalue weighted by atomic mass is 10.1. The average Bonchev–Trinajstić information content (AvgIpc) is 3.12. The van der Waals surface area contributed by atoms with Crippen molar-refractivity contribution in [2.75, 3.05) is 7.11 Å². The highest BCUT2D eigenvalue weighted by atomic mass is 32.1. The maximum absolute atomic E-state index is 12.6. The quantitative estimate of drug-likeness (QED) is 0.770. The molecule has 0 aliphatic rings. The average molecular weight is 339 g/mol. The summed E-state index contributed by atoms with van der Waals surface area (Å²) in [6, 6.07) is 17.1. The van der Waals surface area contributed by atoms with Crippen molar-refractivity contribution in [1.82, 2.24) is 14.9 Å². The maximum Gasteiger partial charge on any atom is 0.265 e. The highest BCUT2D eigenvalue weighted by molar-refractivity contribution is 7.08. The van der Waals surface area contributed by atoms with Gasteiger partial charge in [0.05, 0.1) is 13.2 Å². The number of carbonyl (C=O) groups excluding carboxylic acids is 1. The van der Waals surface area contributed by atoms with Crippen LogP contribution in [0.3, 0.4) is 0 Å². The molecule has 2 aromatic carbocycles. The van der Waals surface area contributed by atoms with Crippen molar-refractivity contribution >= 4 is 17.4 Å². The van der Waals surface area contributed by atoms with Crippen LogP contribution in [0.4, 0.5) is 0 Å². The predicted octanol–water partition coefficient (Wildman–Crippen LogP) is 3.70. The molecule has 1 unspecified atom stereocenters. The van der Waals surface area contributed by atoms with E-state index in [1.54, 1.807) is 7.11 Å². The van der Waals surface area contributed by atoms with Gasteiger partial charge in [-0.25, -0.2) is 0 Å². The van der Waals surface area contributed by atoms with Gasteiger partial charge in [0.25, 0.3) is 5.91 Å². The number of nitrogens with one attached hydrogen (secondary N) is 1. The highest BCUT2D eigenvalue weighted by Crippen LogP contribution is 2.26. The molecule has 6 heteroatoms. The second kappa shape index (κ2) is 7.23. The summed E-state index contributed by atoms with van der Waals surface area (Å²) < 4.78 is 9.09. The van der Waals surface area contributed by atoms with E-state index in [2.05, 4.69) is 14.9 Å². The lowest BCUT2D eigenvalue weighted by Gasteiger charge is -2.13. The van der Waals surface area contributed by atoms with E-state index in [0.29, 0.717) is 10.6 Å². The number of benzene rings is 2. The molecule has 1 atom stereocenters. The summed E-state index contributed by atoms with van der Waals surface area (Å²) in [5.74, 6) is 0.581. The van der Waals surface area contributed by atoms with Crippen LogP contribution >= 0.6 is 11.5 Å². The van der Waals surface area contributed by atoms with Crippen molar-refractivity contribution in [3.63, 3.8) is 0 Å². The standard InChI is InChI=1S/C18H17N3O2S/c1-12(13-6-4-3-5-7-13)19-18(22)17-16(20-21-24-17)14-8-10-15(23-2)11-9-14/h3-12H,1-2H3,(H,19,22). The van der Waals surface area contributed by atoms with Gasteiger partial charge in [0, 0.05) is 5.56 Å². The van der Waals surface area contributed by atoms with E-state index in [-0.39, 0.29) is 11.9 Å². The molecular weight excluding hydrogens is 322 g/mol. The van der Waals surface area contributed by atoms with E-state index < -0.39 is 0 Å². The van der Waals surface area contributed by atoms with Crippen molar-refractivity contribution < 1.29 is 9.53 Å². The van der Waals surface area contributed by atoms with Gasteiger partial charge >= 0.3 is 0 Å². The highest BCUT2D eigenvalue weighted by Gasteiger charge is 2.19. The third-order valence-corrected chi connectivity index (χ3v) is 4.43. The fraction of sp³-hybridized carbons (Fsp3) is 0.167. The molecule has 1 amide bonds. The Balaban J connectivity index is 1.80. The summed E-state index contributed by atoms with van der Waals surface area (Å²) in [5, 5.41) is 7.11. The maximum atomic E-state index is 12.6. The first kappa shape index (κ1) is 16.1. The molecule has 0 spiro atoms. The molecule has 0 saturated heterocycles. The Morgan fingerprint density at radius 1 is 1.12 bits per heavy atom. The molecule has 1 N–H and O–H groups in total. The molecule has 3 aromatic rings. The van der Waals surface area contributed by atoms with Crippen LogP contribution in [-0.4, -0.2) is 22.6 Å². The monoisotopic (exact) mass is 339 g/mol. The van der Waals surface area contributed by atoms with Gasteiger partial charge in [-0.2, -0.15) is 0 Å². The second-order valence-electron chi connectivity index (χ2n) is 5.29. The predicted molar refractivity (Wildman–Crippen MR) is 94.2 cm³/mol. The molecule has 3 rings (SSSR count). The minimum atomic E-state index is -0.174. The van der Waals surface area contributed by atoms with Crippen LogP contribution < -0.4 is 10.1 Å². The number of carbonyl (C=O) groups is 1. The Morgan fingerprint density at radius 2 is 1.83 bits per heavy atom. The zero-order valence-electron chi connectivity index (χ0n) is 13.4. The van der Waals surface area contributed by atoms with Crippen LogP contribution in [0, 0.1) is 0 Å². The number of hydrogen-bond donors (Lipinski definition) is 1. The lowest BCUT2D eigenvalue weighted by molar-refractivity contribution is 0.0944. The first-order chi connectivity index (χ1) is 11.7. The van der Waals surface area contributed by atoms with E-state index in [0.717, 1.165) is 28.4 Å². The topological polar surface area (TPSA) is 64.1 Å². The fourth-order valence-corrected chi connectivity index (χ4v) is 2.96. The fourth-order valence-electron chi connectivity index (χ4n) is 2.36. The van der Waals surface area contributed by atoms with E-state index in [9.17, 15) is 4.79 Å². The Morgan fingerprint density at radius 3 is 2.50 bits per heavy atom. The third kappa shape index (κ3) is 3.44. The van der Waals surface area contributed by atoms with E-state index in [1.807, 2.05) is 61.5 Å². The first-order valence-electron chi connectivity index (χ1n) is 7.51. The number of hydrogen-bond acceptors (Lipinski definition) is 5. The molecule has 0 aliphatic heterocycles. The normalized spacial score (nSPS) is 11.8. The summed E-state index contributed by atoms with van der Waals surface area (Å²) in [7, 11) is 1.61. The lowest BCUT2D eigenvalue weighted by Crippen LogP contribution is -2.26. The van der Waals surface area contributed by atoms with Crippen molar-refractivity contribution in [2.45, 2.75) is 13.0 Å². The minimum Gasteiger partial charge on any atom is -0.497 e. The molecule has 0 fully saturated rings. The van der Waals surface area contributed by atoms with Crippen LogP contribution in [0.25, 0.3) is 11.3 Å². The van der Waals surface area contributed by atoms with Crippen molar-refractivity contribution in [1.29, 1.82) is 0 Å². The number of methoxy groups -OCH3 is 1. The van der Waals surface area contributed by atoms with Crippen LogP contribution in [0.2, 0.25) is 0 Å². The van der Waals surface area contributed by atoms with Crippen LogP contribution in [0.15, 0.2) is 54.6 Å². The van der Waals surface area contributed by atoms with Gasteiger partial charge in [0.1, 0.15) is 16.3 Å². The van der Waals surface area contributed by atoms with Gasteiger partial charge in [-0.3, -0.25) is 4.79 Å². The number of nitrogens with zero attached hydrogens (tertiary/aromatic N) is 2. The molecule has 24 heavy (non-hydrogen) atoms. The summed E-state index contributed by atoms with van der Waals surface area (Å²) in [5.41, 5.74) is 2.47. The minimum absolute atomic E-state index is 0.0930. The van der Waals surface area contributed by atoms with E-state index in [4.69, 9.17) is 4.74 Å². The molecule has 0 bridgehead atoms. The van der Waals surface area contributed by atoms with Crippen LogP contribution in [-0.2, 0) is 0 Å². The molecule has 1 heterocycles. The summed E-state index contributed by atoms with van der Waals surface area (Å²) in [6.07, 6.45) is 0. The number of rotatable bonds is 5. The van der Waals surface area contributed by atoms with Gasteiger partial charge in [-0.15, -0.1) is 5.10 Å². The summed E-state index contributed by atoms with van der Waals surface area (Å²) in [6.45, 7) is 1.95. The second-order valence-corrected chi connectivity index (χ2v) is 6.04. The third-order valence-electron chi connectivity index (χ3n) is 3.70. The van der Waals surface area contributed by atoms with Gasteiger partial charge in [-0.05, 0) is 48.3 Å². The molecule has 0 radical (unpaired) electrons. The van der Waals surface area contributed by atoms with Crippen molar-refractivity contribution in [3.05, 3.63) is 65.0 Å². The number of ether oxygens (including phenoxy) is 1. The first-order valence-corrected chi connectivity index (χ1v) is 8.29. The molecule has 0 saturated carbocycles. The Labute approximate surface area is 144 Å². The number of aromatic nitrogens is 2. The van der Waals surface area contributed by atoms with Gasteiger partial charge in [0.2, 0.25) is 0 Å². The van der Waals surface area contributed by atoms with Crippen LogP contribution in [0.5, 0.6) is 5.75 Å². The van der Waals surface area contributed by atoms with Gasteiger partial charge in [0.15, 0.2) is 0 Å². The van der Waals surface area contributed by atoms with Crippen LogP contribution in [0.1, 0.15) is 28.2 Å². The smallest absolute Gasteiger partial charge is 0.265 e. The molecule has 5 nitrogen and oxygen atoms in total. The Hall–Kier alpha value is -2.73. The number of amides is 1. The summed E-state index contributed by atoms with van der Waals surface area (Å²) >= 11 is 1.10. The zero-order chi connectivity index (χ0) is 16.9. The SMILES string of the molecule is COc1ccc(-c2nnsc2C(=O)NC(C)c2ccccc2)cc1. The largest absolute Gasteiger partial charge is 0.497 e. The molecule has 1 aromatic heterocycles. The summed E-state index contributed by atoms with van der Waals surface area (Å²) in [4.78, 5) is 13.1. The van der Waals surface area contributed by atoms with Gasteiger partial charge < -0.3 is 10.1 Å². The van der Waals surface area contributed by atoms with Crippen molar-refractivity contribution in [3.8, 4) is 17.0 Å².